The molecule has 82 valence electrons. The minimum Gasteiger partial charge on any atom is -0.369 e. The van der Waals surface area contributed by atoms with E-state index in [0.29, 0.717) is 0 Å². The maximum Gasteiger partial charge on any atom is 0.345 e. The van der Waals surface area contributed by atoms with Crippen LogP contribution in [-0.2, 0) is 19.3 Å². The van der Waals surface area contributed by atoms with Crippen molar-refractivity contribution in [3.63, 3.8) is 0 Å². The molecule has 1 rings (SSSR count). The predicted molar refractivity (Wildman–Crippen MR) is 50.5 cm³/mol. The molecule has 4 nitrogen and oxygen atoms in total. The van der Waals surface area contributed by atoms with Crippen molar-refractivity contribution in [2.45, 2.75) is 51.2 Å². The van der Waals surface area contributed by atoms with E-state index in [2.05, 4.69) is 9.78 Å². The lowest BCUT2D eigenvalue weighted by Crippen LogP contribution is -2.32. The van der Waals surface area contributed by atoms with Crippen molar-refractivity contribution in [1.82, 2.24) is 0 Å². The monoisotopic (exact) mass is 202 g/mol. The molecule has 1 unspecified atom stereocenters. The first-order valence-corrected chi connectivity index (χ1v) is 4.81. The fraction of sp³-hybridized carbons (Fsp3) is 0.900. The molecule has 0 bridgehead atoms. The van der Waals surface area contributed by atoms with Crippen molar-refractivity contribution < 1.29 is 19.3 Å². The Morgan fingerprint density at radius 1 is 1.36 bits per heavy atom. The fourth-order valence-corrected chi connectivity index (χ4v) is 1.89. The minimum atomic E-state index is -0.404. The molecule has 0 spiro atoms. The average Bonchev–Trinajstić information content (AvgIpc) is 2.25. The highest BCUT2D eigenvalue weighted by Gasteiger charge is 2.42. The van der Waals surface area contributed by atoms with Gasteiger partial charge in [-0.25, -0.2) is 4.79 Å². The summed E-state index contributed by atoms with van der Waals surface area (Å²) in [5, 5.41) is 0. The van der Waals surface area contributed by atoms with Crippen LogP contribution in [0.5, 0.6) is 0 Å². The molecule has 1 atom stereocenters. The van der Waals surface area contributed by atoms with E-state index in [1.165, 1.54) is 7.11 Å². The molecule has 0 amide bonds. The van der Waals surface area contributed by atoms with Crippen LogP contribution in [0.2, 0.25) is 0 Å². The van der Waals surface area contributed by atoms with Gasteiger partial charge in [-0.05, 0) is 33.6 Å². The minimum absolute atomic E-state index is 0.137. The van der Waals surface area contributed by atoms with Crippen molar-refractivity contribution in [1.29, 1.82) is 0 Å². The number of carbonyl (C=O) groups excluding carboxylic acids is 1. The van der Waals surface area contributed by atoms with Gasteiger partial charge in [0.25, 0.3) is 0 Å². The molecule has 1 aliphatic heterocycles. The first-order valence-electron chi connectivity index (χ1n) is 4.81. The third kappa shape index (κ3) is 2.96. The summed E-state index contributed by atoms with van der Waals surface area (Å²) >= 11 is 0. The van der Waals surface area contributed by atoms with Gasteiger partial charge in [-0.2, -0.15) is 4.89 Å². The average molecular weight is 202 g/mol. The number of rotatable bonds is 3. The van der Waals surface area contributed by atoms with Crippen molar-refractivity contribution >= 4 is 5.97 Å². The summed E-state index contributed by atoms with van der Waals surface area (Å²) in [4.78, 5) is 19.9. The highest BCUT2D eigenvalue weighted by molar-refractivity contribution is 5.70. The molecule has 4 heteroatoms. The Morgan fingerprint density at radius 3 is 2.43 bits per heavy atom. The van der Waals surface area contributed by atoms with Crippen LogP contribution < -0.4 is 0 Å². The van der Waals surface area contributed by atoms with Gasteiger partial charge in [0, 0.05) is 0 Å². The van der Waals surface area contributed by atoms with E-state index < -0.39 is 5.60 Å². The predicted octanol–water partition coefficient (Wildman–Crippen LogP) is 1.83. The lowest BCUT2D eigenvalue weighted by molar-refractivity contribution is -0.258. The Hall–Kier alpha value is -0.610. The largest absolute Gasteiger partial charge is 0.369 e. The summed E-state index contributed by atoms with van der Waals surface area (Å²) in [6.45, 7) is 5.98. The molecule has 1 heterocycles. The number of hydrogen-bond acceptors (Lipinski definition) is 4. The van der Waals surface area contributed by atoms with E-state index in [4.69, 9.17) is 4.74 Å². The smallest absolute Gasteiger partial charge is 0.345 e. The summed E-state index contributed by atoms with van der Waals surface area (Å²) in [6, 6.07) is 0. The zero-order valence-electron chi connectivity index (χ0n) is 9.25. The van der Waals surface area contributed by atoms with Crippen molar-refractivity contribution in [2.24, 2.45) is 0 Å². The fourth-order valence-electron chi connectivity index (χ4n) is 1.89. The van der Waals surface area contributed by atoms with E-state index in [9.17, 15) is 4.79 Å². The Morgan fingerprint density at radius 2 is 2.00 bits per heavy atom. The van der Waals surface area contributed by atoms with Crippen LogP contribution in [-0.4, -0.2) is 24.3 Å². The quantitative estimate of drug-likeness (QED) is 0.517. The molecule has 0 aromatic heterocycles. The molecular weight excluding hydrogens is 184 g/mol. The first kappa shape index (κ1) is 11.5. The highest BCUT2D eigenvalue weighted by Crippen LogP contribution is 2.39. The second kappa shape index (κ2) is 3.87. The number of carbonyl (C=O) groups is 1. The summed E-state index contributed by atoms with van der Waals surface area (Å²) in [5.74, 6) is -0.382. The van der Waals surface area contributed by atoms with Gasteiger partial charge in [0.2, 0.25) is 0 Å². The van der Waals surface area contributed by atoms with Gasteiger partial charge in [-0.15, -0.1) is 0 Å². The van der Waals surface area contributed by atoms with E-state index in [1.54, 1.807) is 0 Å². The highest BCUT2D eigenvalue weighted by atomic mass is 17.2. The van der Waals surface area contributed by atoms with E-state index in [0.717, 1.165) is 12.8 Å². The van der Waals surface area contributed by atoms with Crippen molar-refractivity contribution in [3.8, 4) is 0 Å². The maximum atomic E-state index is 11.2. The molecule has 0 aromatic rings. The van der Waals surface area contributed by atoms with Gasteiger partial charge in [0.1, 0.15) is 0 Å². The molecule has 14 heavy (non-hydrogen) atoms. The lowest BCUT2D eigenvalue weighted by atomic mass is 9.96. The van der Waals surface area contributed by atoms with Crippen LogP contribution in [0, 0.1) is 0 Å². The van der Waals surface area contributed by atoms with Gasteiger partial charge in [-0.3, -0.25) is 4.89 Å². The van der Waals surface area contributed by atoms with Gasteiger partial charge in [0.05, 0.1) is 24.7 Å². The maximum absolute atomic E-state index is 11.2. The van der Waals surface area contributed by atoms with Crippen molar-refractivity contribution in [3.05, 3.63) is 0 Å². The molecule has 1 saturated heterocycles. The second-order valence-electron chi connectivity index (χ2n) is 4.61. The van der Waals surface area contributed by atoms with Gasteiger partial charge in [0.15, 0.2) is 0 Å². The van der Waals surface area contributed by atoms with Gasteiger partial charge < -0.3 is 4.74 Å². The van der Waals surface area contributed by atoms with Crippen LogP contribution in [0.3, 0.4) is 0 Å². The number of ether oxygens (including phenoxy) is 1. The first-order chi connectivity index (χ1) is 6.37. The van der Waals surface area contributed by atoms with Gasteiger partial charge >= 0.3 is 5.97 Å². The van der Waals surface area contributed by atoms with Crippen LogP contribution in [0.25, 0.3) is 0 Å². The Kier molecular flexibility index (Phi) is 3.17. The lowest BCUT2D eigenvalue weighted by Gasteiger charge is -2.26. The van der Waals surface area contributed by atoms with Crippen LogP contribution in [0.4, 0.5) is 0 Å². The Labute approximate surface area is 84.4 Å². The van der Waals surface area contributed by atoms with Crippen LogP contribution >= 0.6 is 0 Å². The molecule has 1 fully saturated rings. The van der Waals surface area contributed by atoms with Crippen LogP contribution in [0.1, 0.15) is 40.0 Å². The second-order valence-corrected chi connectivity index (χ2v) is 4.61. The summed E-state index contributed by atoms with van der Waals surface area (Å²) in [7, 11) is 1.32. The Balaban J connectivity index is 2.48. The molecule has 0 radical (unpaired) electrons. The van der Waals surface area contributed by atoms with E-state index in [-0.39, 0.29) is 18.0 Å². The number of hydrogen-bond donors (Lipinski definition) is 0. The summed E-state index contributed by atoms with van der Waals surface area (Å²) in [6.07, 6.45) is 2.08. The summed E-state index contributed by atoms with van der Waals surface area (Å²) < 4.78 is 5.80. The molecule has 0 saturated carbocycles. The van der Waals surface area contributed by atoms with Gasteiger partial charge in [-0.1, -0.05) is 0 Å². The van der Waals surface area contributed by atoms with Crippen LogP contribution in [0.15, 0.2) is 0 Å². The SMILES string of the molecule is COOC(=O)CC1(C)CCC(C)(C)O1. The molecular formula is C10H18O4. The van der Waals surface area contributed by atoms with Crippen molar-refractivity contribution in [2.75, 3.05) is 7.11 Å². The Bertz CT molecular complexity index is 224. The van der Waals surface area contributed by atoms with E-state index >= 15 is 0 Å². The zero-order chi connectivity index (χ0) is 10.8. The summed E-state index contributed by atoms with van der Waals surface area (Å²) in [5.41, 5.74) is -0.540. The zero-order valence-corrected chi connectivity index (χ0v) is 9.25. The molecule has 0 aliphatic carbocycles. The normalized spacial score (nSPS) is 30.3. The third-order valence-corrected chi connectivity index (χ3v) is 2.47. The third-order valence-electron chi connectivity index (χ3n) is 2.47. The van der Waals surface area contributed by atoms with E-state index in [1.807, 2.05) is 20.8 Å². The molecule has 0 aromatic carbocycles. The molecule has 1 aliphatic rings. The standard InChI is InChI=1S/C10H18O4/c1-9(2)5-6-10(3,14-9)7-8(11)13-12-4/h5-7H2,1-4H3. The molecule has 0 N–H and O–H groups in total. The topological polar surface area (TPSA) is 44.8 Å².